The summed E-state index contributed by atoms with van der Waals surface area (Å²) in [5.74, 6) is -1.19. The topological polar surface area (TPSA) is 83.1 Å². The molecule has 0 amide bonds. The third-order valence-corrected chi connectivity index (χ3v) is 3.50. The number of hydrogen-bond acceptors (Lipinski definition) is 3. The molecular weight excluding hydrogens is 280 g/mol. The van der Waals surface area contributed by atoms with E-state index in [-0.39, 0.29) is 18.0 Å². The van der Waals surface area contributed by atoms with E-state index in [9.17, 15) is 9.59 Å². The van der Waals surface area contributed by atoms with E-state index in [1.165, 1.54) is 10.6 Å². The van der Waals surface area contributed by atoms with Gasteiger partial charge in [0.1, 0.15) is 5.56 Å². The van der Waals surface area contributed by atoms with Crippen molar-refractivity contribution in [3.05, 3.63) is 69.1 Å². The molecule has 1 N–H and O–H groups in total. The predicted molar refractivity (Wildman–Crippen MR) is 82.0 cm³/mol. The van der Waals surface area contributed by atoms with Crippen molar-refractivity contribution in [2.45, 2.75) is 26.3 Å². The van der Waals surface area contributed by atoms with E-state index in [1.54, 1.807) is 30.3 Å². The lowest BCUT2D eigenvalue weighted by atomic mass is 10.1. The fraction of sp³-hybridized carbons (Fsp3) is 0.235. The molecule has 0 saturated heterocycles. The second kappa shape index (κ2) is 6.27. The minimum Gasteiger partial charge on any atom is -0.477 e. The van der Waals surface area contributed by atoms with Crippen LogP contribution < -0.4 is 5.56 Å². The maximum atomic E-state index is 12.4. The number of carboxylic acids is 1. The minimum absolute atomic E-state index is 0.0600. The van der Waals surface area contributed by atoms with Crippen LogP contribution in [0.4, 0.5) is 0 Å². The Bertz CT molecular complexity index is 813. The zero-order valence-corrected chi connectivity index (χ0v) is 12.4. The van der Waals surface area contributed by atoms with Crippen molar-refractivity contribution < 1.29 is 9.90 Å². The van der Waals surface area contributed by atoms with Crippen molar-refractivity contribution in [3.63, 3.8) is 0 Å². The first-order valence-corrected chi connectivity index (χ1v) is 6.90. The van der Waals surface area contributed by atoms with Gasteiger partial charge in [-0.1, -0.05) is 32.0 Å². The molecule has 0 aliphatic heterocycles. The minimum atomic E-state index is -1.25. The molecule has 1 aromatic carbocycles. The monoisotopic (exact) mass is 296 g/mol. The van der Waals surface area contributed by atoms with Gasteiger partial charge in [-0.2, -0.15) is 5.26 Å². The molecule has 0 spiro atoms. The standard InChI is InChI=1S/C17H16N2O3/c1-11(2)15-8-7-14(17(21)22)16(20)19(15)10-13-6-4-3-5-12(13)9-18/h3-8,11H,10H2,1-2H3,(H,21,22). The van der Waals surface area contributed by atoms with Crippen molar-refractivity contribution in [2.24, 2.45) is 0 Å². The van der Waals surface area contributed by atoms with Gasteiger partial charge in [-0.15, -0.1) is 0 Å². The van der Waals surface area contributed by atoms with Crippen molar-refractivity contribution in [1.29, 1.82) is 5.26 Å². The van der Waals surface area contributed by atoms with Crippen LogP contribution in [0.2, 0.25) is 0 Å². The molecule has 2 aromatic rings. The van der Waals surface area contributed by atoms with Crippen LogP contribution in [0, 0.1) is 11.3 Å². The summed E-state index contributed by atoms with van der Waals surface area (Å²) in [6.07, 6.45) is 0. The van der Waals surface area contributed by atoms with E-state index in [1.807, 2.05) is 13.8 Å². The van der Waals surface area contributed by atoms with Crippen LogP contribution in [0.25, 0.3) is 0 Å². The molecule has 0 aliphatic rings. The van der Waals surface area contributed by atoms with Gasteiger partial charge in [0.2, 0.25) is 0 Å². The Morgan fingerprint density at radius 1 is 1.27 bits per heavy atom. The first kappa shape index (κ1) is 15.5. The number of nitriles is 1. The number of pyridine rings is 1. The van der Waals surface area contributed by atoms with Crippen molar-refractivity contribution in [2.75, 3.05) is 0 Å². The van der Waals surface area contributed by atoms with Crippen LogP contribution in [0.1, 0.15) is 46.9 Å². The molecule has 0 aliphatic carbocycles. The number of aromatic nitrogens is 1. The second-order valence-corrected chi connectivity index (χ2v) is 5.29. The maximum Gasteiger partial charge on any atom is 0.341 e. The van der Waals surface area contributed by atoms with E-state index >= 15 is 0 Å². The van der Waals surface area contributed by atoms with E-state index in [2.05, 4.69) is 6.07 Å². The van der Waals surface area contributed by atoms with E-state index in [0.29, 0.717) is 11.1 Å². The molecule has 112 valence electrons. The summed E-state index contributed by atoms with van der Waals surface area (Å²) >= 11 is 0. The van der Waals surface area contributed by atoms with Crippen LogP contribution in [-0.2, 0) is 6.54 Å². The quantitative estimate of drug-likeness (QED) is 0.940. The van der Waals surface area contributed by atoms with E-state index in [4.69, 9.17) is 10.4 Å². The molecule has 5 nitrogen and oxygen atoms in total. The predicted octanol–water partition coefficient (Wildman–Crippen LogP) is 2.59. The van der Waals surface area contributed by atoms with Gasteiger partial charge in [-0.05, 0) is 29.7 Å². The van der Waals surface area contributed by atoms with Crippen LogP contribution in [0.15, 0.2) is 41.2 Å². The smallest absolute Gasteiger partial charge is 0.341 e. The second-order valence-electron chi connectivity index (χ2n) is 5.29. The number of benzene rings is 1. The molecule has 1 heterocycles. The lowest BCUT2D eigenvalue weighted by Crippen LogP contribution is -2.29. The van der Waals surface area contributed by atoms with Crippen molar-refractivity contribution in [3.8, 4) is 6.07 Å². The average Bonchev–Trinajstić information content (AvgIpc) is 2.49. The molecule has 0 fully saturated rings. The summed E-state index contributed by atoms with van der Waals surface area (Å²) in [6.45, 7) is 4.04. The summed E-state index contributed by atoms with van der Waals surface area (Å²) in [6, 6.07) is 12.1. The highest BCUT2D eigenvalue weighted by molar-refractivity contribution is 5.87. The fourth-order valence-electron chi connectivity index (χ4n) is 2.36. The van der Waals surface area contributed by atoms with E-state index in [0.717, 1.165) is 5.69 Å². The molecule has 1 aromatic heterocycles. The Morgan fingerprint density at radius 2 is 1.95 bits per heavy atom. The fourth-order valence-corrected chi connectivity index (χ4v) is 2.36. The van der Waals surface area contributed by atoms with Gasteiger partial charge in [0.05, 0.1) is 18.2 Å². The third-order valence-electron chi connectivity index (χ3n) is 3.50. The van der Waals surface area contributed by atoms with Crippen LogP contribution in [-0.4, -0.2) is 15.6 Å². The Hall–Kier alpha value is -2.87. The number of nitrogens with zero attached hydrogens (tertiary/aromatic N) is 2. The zero-order valence-electron chi connectivity index (χ0n) is 12.4. The van der Waals surface area contributed by atoms with Gasteiger partial charge in [0, 0.05) is 5.69 Å². The molecule has 0 radical (unpaired) electrons. The molecule has 2 rings (SSSR count). The van der Waals surface area contributed by atoms with Gasteiger partial charge >= 0.3 is 5.97 Å². The zero-order chi connectivity index (χ0) is 16.3. The first-order valence-electron chi connectivity index (χ1n) is 6.90. The Kier molecular flexibility index (Phi) is 4.42. The molecule has 0 bridgehead atoms. The molecule has 0 unspecified atom stereocenters. The van der Waals surface area contributed by atoms with Gasteiger partial charge in [0.15, 0.2) is 0 Å². The van der Waals surface area contributed by atoms with Gasteiger partial charge < -0.3 is 9.67 Å². The number of carboxylic acid groups (broad SMARTS) is 1. The Labute approximate surface area is 128 Å². The number of hydrogen-bond donors (Lipinski definition) is 1. The molecule has 0 saturated carbocycles. The maximum absolute atomic E-state index is 12.4. The molecule has 5 heteroatoms. The highest BCUT2D eigenvalue weighted by Gasteiger charge is 2.16. The van der Waals surface area contributed by atoms with Gasteiger partial charge in [0.25, 0.3) is 5.56 Å². The lowest BCUT2D eigenvalue weighted by Gasteiger charge is -2.17. The highest BCUT2D eigenvalue weighted by atomic mass is 16.4. The highest BCUT2D eigenvalue weighted by Crippen LogP contribution is 2.16. The van der Waals surface area contributed by atoms with Gasteiger partial charge in [-0.3, -0.25) is 4.79 Å². The summed E-state index contributed by atoms with van der Waals surface area (Å²) < 4.78 is 1.43. The SMILES string of the molecule is CC(C)c1ccc(C(=O)O)c(=O)n1Cc1ccccc1C#N. The third kappa shape index (κ3) is 2.91. The average molecular weight is 296 g/mol. The number of rotatable bonds is 4. The summed E-state index contributed by atoms with van der Waals surface area (Å²) in [7, 11) is 0. The van der Waals surface area contributed by atoms with Crippen molar-refractivity contribution >= 4 is 5.97 Å². The van der Waals surface area contributed by atoms with E-state index < -0.39 is 11.5 Å². The Balaban J connectivity index is 2.63. The Morgan fingerprint density at radius 3 is 2.55 bits per heavy atom. The normalized spacial score (nSPS) is 10.5. The molecule has 22 heavy (non-hydrogen) atoms. The van der Waals surface area contributed by atoms with Gasteiger partial charge in [-0.25, -0.2) is 4.79 Å². The van der Waals surface area contributed by atoms with Crippen LogP contribution >= 0.6 is 0 Å². The summed E-state index contributed by atoms with van der Waals surface area (Å²) in [5, 5.41) is 18.3. The van der Waals surface area contributed by atoms with Crippen molar-refractivity contribution in [1.82, 2.24) is 4.57 Å². The number of carbonyl (C=O) groups is 1. The largest absolute Gasteiger partial charge is 0.477 e. The van der Waals surface area contributed by atoms with Crippen LogP contribution in [0.3, 0.4) is 0 Å². The van der Waals surface area contributed by atoms with Crippen LogP contribution in [0.5, 0.6) is 0 Å². The lowest BCUT2D eigenvalue weighted by molar-refractivity contribution is 0.0694. The summed E-state index contributed by atoms with van der Waals surface area (Å²) in [5.41, 5.74) is 1.09. The number of aromatic carboxylic acids is 1. The molecule has 0 atom stereocenters. The summed E-state index contributed by atoms with van der Waals surface area (Å²) in [4.78, 5) is 23.6. The molecular formula is C17H16N2O3. The first-order chi connectivity index (χ1) is 10.5.